The first-order valence-corrected chi connectivity index (χ1v) is 6.77. The molecule has 0 amide bonds. The molecule has 2 atom stereocenters. The minimum atomic E-state index is -0.00401. The molecule has 0 aromatic rings. The lowest BCUT2D eigenvalue weighted by Crippen LogP contribution is -2.50. The molecule has 0 N–H and O–H groups in total. The van der Waals surface area contributed by atoms with Crippen LogP contribution >= 0.6 is 0 Å². The van der Waals surface area contributed by atoms with Crippen molar-refractivity contribution in [2.24, 2.45) is 23.2 Å². The standard InChI is InChI=1S/C14H26O2/c1-10(2)13-6-5-11(3)7-14(13)8-15-12(4)16-9-14/h10-13H,5-9H2,1-4H3/t11-,12?,13+,14?/m1/s1. The van der Waals surface area contributed by atoms with E-state index in [9.17, 15) is 0 Å². The Balaban J connectivity index is 2.12. The molecule has 1 saturated heterocycles. The van der Waals surface area contributed by atoms with Crippen LogP contribution in [0.2, 0.25) is 0 Å². The summed E-state index contributed by atoms with van der Waals surface area (Å²) >= 11 is 0. The second-order valence-corrected chi connectivity index (χ2v) is 6.29. The van der Waals surface area contributed by atoms with Crippen molar-refractivity contribution in [1.29, 1.82) is 0 Å². The quantitative estimate of drug-likeness (QED) is 0.681. The molecule has 0 aromatic carbocycles. The lowest BCUT2D eigenvalue weighted by Gasteiger charge is -2.50. The molecule has 2 aliphatic rings. The highest BCUT2D eigenvalue weighted by Gasteiger charge is 2.46. The molecular weight excluding hydrogens is 200 g/mol. The lowest BCUT2D eigenvalue weighted by molar-refractivity contribution is -0.247. The van der Waals surface area contributed by atoms with E-state index in [2.05, 4.69) is 20.8 Å². The molecule has 1 spiro atoms. The van der Waals surface area contributed by atoms with Gasteiger partial charge < -0.3 is 9.47 Å². The van der Waals surface area contributed by atoms with Crippen molar-refractivity contribution in [3.63, 3.8) is 0 Å². The zero-order valence-corrected chi connectivity index (χ0v) is 11.2. The molecule has 1 saturated carbocycles. The third-order valence-electron chi connectivity index (χ3n) is 4.53. The van der Waals surface area contributed by atoms with Gasteiger partial charge in [0.05, 0.1) is 13.2 Å². The van der Waals surface area contributed by atoms with Gasteiger partial charge in [0.25, 0.3) is 0 Å². The van der Waals surface area contributed by atoms with Crippen LogP contribution in [-0.4, -0.2) is 19.5 Å². The summed E-state index contributed by atoms with van der Waals surface area (Å²) in [5.41, 5.74) is 0.304. The first-order valence-electron chi connectivity index (χ1n) is 6.77. The molecular formula is C14H26O2. The van der Waals surface area contributed by atoms with E-state index in [1.165, 1.54) is 19.3 Å². The minimum Gasteiger partial charge on any atom is -0.352 e. The van der Waals surface area contributed by atoms with Crippen LogP contribution in [0.1, 0.15) is 47.0 Å². The first kappa shape index (κ1) is 12.4. The van der Waals surface area contributed by atoms with E-state index < -0.39 is 0 Å². The fourth-order valence-corrected chi connectivity index (χ4v) is 3.75. The van der Waals surface area contributed by atoms with Crippen LogP contribution in [0.15, 0.2) is 0 Å². The predicted molar refractivity (Wildman–Crippen MR) is 65.1 cm³/mol. The Hall–Kier alpha value is -0.0800. The van der Waals surface area contributed by atoms with Crippen LogP contribution in [0.3, 0.4) is 0 Å². The van der Waals surface area contributed by atoms with Gasteiger partial charge in [0.2, 0.25) is 0 Å². The molecule has 94 valence electrons. The summed E-state index contributed by atoms with van der Waals surface area (Å²) in [4.78, 5) is 0. The van der Waals surface area contributed by atoms with E-state index in [4.69, 9.17) is 9.47 Å². The van der Waals surface area contributed by atoms with Crippen molar-refractivity contribution in [1.82, 2.24) is 0 Å². The summed E-state index contributed by atoms with van der Waals surface area (Å²) < 4.78 is 11.6. The number of hydrogen-bond acceptors (Lipinski definition) is 2. The number of rotatable bonds is 1. The molecule has 2 nitrogen and oxygen atoms in total. The van der Waals surface area contributed by atoms with Gasteiger partial charge in [0, 0.05) is 5.41 Å². The van der Waals surface area contributed by atoms with Crippen LogP contribution in [-0.2, 0) is 9.47 Å². The van der Waals surface area contributed by atoms with Crippen molar-refractivity contribution >= 4 is 0 Å². The maximum atomic E-state index is 5.78. The van der Waals surface area contributed by atoms with Crippen molar-refractivity contribution in [3.05, 3.63) is 0 Å². The average Bonchev–Trinajstić information content (AvgIpc) is 2.22. The fourth-order valence-electron chi connectivity index (χ4n) is 3.75. The van der Waals surface area contributed by atoms with E-state index in [-0.39, 0.29) is 6.29 Å². The maximum Gasteiger partial charge on any atom is 0.154 e. The summed E-state index contributed by atoms with van der Waals surface area (Å²) in [7, 11) is 0. The van der Waals surface area contributed by atoms with E-state index in [0.29, 0.717) is 5.41 Å². The normalized spacial score (nSPS) is 45.2. The highest BCUT2D eigenvalue weighted by Crippen LogP contribution is 2.49. The Morgan fingerprint density at radius 1 is 1.06 bits per heavy atom. The Morgan fingerprint density at radius 3 is 2.25 bits per heavy atom. The van der Waals surface area contributed by atoms with Gasteiger partial charge in [-0.1, -0.05) is 27.2 Å². The predicted octanol–water partition coefficient (Wildman–Crippen LogP) is 3.46. The van der Waals surface area contributed by atoms with E-state index in [1.54, 1.807) is 0 Å². The molecule has 0 bridgehead atoms. The monoisotopic (exact) mass is 226 g/mol. The van der Waals surface area contributed by atoms with Gasteiger partial charge in [-0.3, -0.25) is 0 Å². The smallest absolute Gasteiger partial charge is 0.154 e. The number of ether oxygens (including phenoxy) is 2. The molecule has 1 aliphatic heterocycles. The van der Waals surface area contributed by atoms with Crippen LogP contribution < -0.4 is 0 Å². The Labute approximate surface area is 99.7 Å². The van der Waals surface area contributed by atoms with Gasteiger partial charge in [-0.05, 0) is 37.5 Å². The van der Waals surface area contributed by atoms with Gasteiger partial charge in [-0.15, -0.1) is 0 Å². The molecule has 0 aromatic heterocycles. The molecule has 0 radical (unpaired) electrons. The largest absolute Gasteiger partial charge is 0.352 e. The van der Waals surface area contributed by atoms with Crippen LogP contribution in [0.4, 0.5) is 0 Å². The van der Waals surface area contributed by atoms with Gasteiger partial charge >= 0.3 is 0 Å². The van der Waals surface area contributed by atoms with Gasteiger partial charge in [-0.2, -0.15) is 0 Å². The SMILES string of the molecule is CC1OCC2(CO1)C[C@H](C)CC[C@H]2C(C)C. The Morgan fingerprint density at radius 2 is 1.69 bits per heavy atom. The maximum absolute atomic E-state index is 5.78. The molecule has 2 rings (SSSR count). The Bertz CT molecular complexity index is 229. The van der Waals surface area contributed by atoms with E-state index in [0.717, 1.165) is 31.0 Å². The molecule has 2 fully saturated rings. The topological polar surface area (TPSA) is 18.5 Å². The average molecular weight is 226 g/mol. The highest BCUT2D eigenvalue weighted by atomic mass is 16.7. The third kappa shape index (κ3) is 2.28. The summed E-state index contributed by atoms with van der Waals surface area (Å²) in [6, 6.07) is 0. The summed E-state index contributed by atoms with van der Waals surface area (Å²) in [6.45, 7) is 10.9. The second-order valence-electron chi connectivity index (χ2n) is 6.29. The minimum absolute atomic E-state index is 0.00401. The van der Waals surface area contributed by atoms with Crippen molar-refractivity contribution < 1.29 is 9.47 Å². The van der Waals surface area contributed by atoms with Crippen LogP contribution in [0.5, 0.6) is 0 Å². The molecule has 1 heterocycles. The summed E-state index contributed by atoms with van der Waals surface area (Å²) in [6.07, 6.45) is 4.00. The zero-order valence-electron chi connectivity index (χ0n) is 11.2. The summed E-state index contributed by atoms with van der Waals surface area (Å²) in [5.74, 6) is 2.35. The second kappa shape index (κ2) is 4.66. The van der Waals surface area contributed by atoms with E-state index in [1.807, 2.05) is 6.92 Å². The Kier molecular flexibility index (Phi) is 3.60. The van der Waals surface area contributed by atoms with Crippen LogP contribution in [0, 0.1) is 23.2 Å². The van der Waals surface area contributed by atoms with Crippen molar-refractivity contribution in [2.45, 2.75) is 53.2 Å². The summed E-state index contributed by atoms with van der Waals surface area (Å²) in [5, 5.41) is 0. The third-order valence-corrected chi connectivity index (χ3v) is 4.53. The van der Waals surface area contributed by atoms with Crippen LogP contribution in [0.25, 0.3) is 0 Å². The van der Waals surface area contributed by atoms with Gasteiger partial charge in [-0.25, -0.2) is 0 Å². The number of hydrogen-bond donors (Lipinski definition) is 0. The van der Waals surface area contributed by atoms with E-state index >= 15 is 0 Å². The molecule has 16 heavy (non-hydrogen) atoms. The zero-order chi connectivity index (χ0) is 11.8. The molecule has 2 heteroatoms. The highest BCUT2D eigenvalue weighted by molar-refractivity contribution is 4.94. The first-order chi connectivity index (χ1) is 7.53. The molecule has 1 aliphatic carbocycles. The lowest BCUT2D eigenvalue weighted by atomic mass is 9.60. The molecule has 0 unspecified atom stereocenters. The van der Waals surface area contributed by atoms with Gasteiger partial charge in [0.15, 0.2) is 6.29 Å². The van der Waals surface area contributed by atoms with Crippen molar-refractivity contribution in [2.75, 3.05) is 13.2 Å². The fraction of sp³-hybridized carbons (Fsp3) is 1.00. The van der Waals surface area contributed by atoms with Crippen molar-refractivity contribution in [3.8, 4) is 0 Å². The van der Waals surface area contributed by atoms with Gasteiger partial charge in [0.1, 0.15) is 0 Å².